The summed E-state index contributed by atoms with van der Waals surface area (Å²) < 4.78 is 5.03. The third-order valence-corrected chi connectivity index (χ3v) is 4.64. The number of nitrogens with one attached hydrogen (secondary N) is 2. The molecule has 0 aliphatic carbocycles. The first kappa shape index (κ1) is 22.1. The number of hydrogen-bond acceptors (Lipinski definition) is 4. The third kappa shape index (κ3) is 5.22. The Labute approximate surface area is 171 Å². The van der Waals surface area contributed by atoms with E-state index >= 15 is 0 Å². The maximum Gasteiger partial charge on any atom is 0.340 e. The summed E-state index contributed by atoms with van der Waals surface area (Å²) in [6.07, 6.45) is 0. The molecule has 0 fully saturated rings. The van der Waals surface area contributed by atoms with Crippen molar-refractivity contribution in [2.75, 3.05) is 17.2 Å². The number of amides is 2. The summed E-state index contributed by atoms with van der Waals surface area (Å²) in [4.78, 5) is 37.9. The summed E-state index contributed by atoms with van der Waals surface area (Å²) in [6.45, 7) is 9.10. The summed E-state index contributed by atoms with van der Waals surface area (Å²) in [5.41, 5.74) is 0.847. The molecular formula is C23H28N2O4. The predicted molar refractivity (Wildman–Crippen MR) is 114 cm³/mol. The molecule has 0 aliphatic rings. The van der Waals surface area contributed by atoms with Crippen molar-refractivity contribution in [3.8, 4) is 0 Å². The zero-order valence-electron chi connectivity index (χ0n) is 17.5. The molecule has 29 heavy (non-hydrogen) atoms. The van der Waals surface area contributed by atoms with Crippen molar-refractivity contribution >= 4 is 29.2 Å². The number of hydrogen-bond donors (Lipinski definition) is 2. The highest BCUT2D eigenvalue weighted by Gasteiger charge is 2.37. The van der Waals surface area contributed by atoms with Gasteiger partial charge < -0.3 is 15.4 Å². The van der Waals surface area contributed by atoms with Crippen molar-refractivity contribution in [3.05, 3.63) is 59.7 Å². The van der Waals surface area contributed by atoms with Gasteiger partial charge in [-0.15, -0.1) is 0 Å². The first-order chi connectivity index (χ1) is 13.7. The van der Waals surface area contributed by atoms with Crippen molar-refractivity contribution in [2.24, 2.45) is 5.41 Å². The Morgan fingerprint density at radius 1 is 0.897 bits per heavy atom. The second-order valence-corrected chi connectivity index (χ2v) is 7.54. The van der Waals surface area contributed by atoms with Gasteiger partial charge in [-0.2, -0.15) is 0 Å². The zero-order chi connectivity index (χ0) is 21.6. The predicted octanol–water partition coefficient (Wildman–Crippen LogP) is 4.59. The van der Waals surface area contributed by atoms with Crippen LogP contribution in [-0.4, -0.2) is 24.4 Å². The number of anilines is 2. The fourth-order valence-corrected chi connectivity index (χ4v) is 2.75. The number of para-hydroxylation sites is 2. The number of rotatable bonds is 7. The lowest BCUT2D eigenvalue weighted by atomic mass is 9.90. The Balaban J connectivity index is 2.21. The van der Waals surface area contributed by atoms with E-state index in [9.17, 15) is 14.4 Å². The monoisotopic (exact) mass is 396 g/mol. The van der Waals surface area contributed by atoms with Gasteiger partial charge in [0.05, 0.1) is 17.9 Å². The molecular weight excluding hydrogens is 368 g/mol. The van der Waals surface area contributed by atoms with Crippen LogP contribution in [0.3, 0.4) is 0 Å². The smallest absolute Gasteiger partial charge is 0.340 e. The number of carbonyl (C=O) groups excluding carboxylic acids is 3. The minimum Gasteiger partial charge on any atom is -0.462 e. The van der Waals surface area contributed by atoms with E-state index in [1.165, 1.54) is 0 Å². The molecule has 6 nitrogen and oxygen atoms in total. The highest BCUT2D eigenvalue weighted by molar-refractivity contribution is 6.15. The standard InChI is InChI=1S/C23H28N2O4/c1-6-29-20(26)17-12-8-10-14-19(17)25-22(28)23(4,5)21(27)24-18-13-9-7-11-16(18)15(2)3/h7-15H,6H2,1-5H3,(H,24,27)(H,25,28). The van der Waals surface area contributed by atoms with Crippen molar-refractivity contribution in [1.82, 2.24) is 0 Å². The van der Waals surface area contributed by atoms with Crippen LogP contribution in [0.2, 0.25) is 0 Å². The Morgan fingerprint density at radius 3 is 2.00 bits per heavy atom. The molecule has 0 saturated carbocycles. The van der Waals surface area contributed by atoms with E-state index in [-0.39, 0.29) is 18.1 Å². The van der Waals surface area contributed by atoms with Crippen LogP contribution in [0.4, 0.5) is 11.4 Å². The molecule has 6 heteroatoms. The van der Waals surface area contributed by atoms with Crippen molar-refractivity contribution in [2.45, 2.75) is 40.5 Å². The summed E-state index contributed by atoms with van der Waals surface area (Å²) in [6, 6.07) is 14.1. The van der Waals surface area contributed by atoms with Crippen molar-refractivity contribution in [3.63, 3.8) is 0 Å². The Bertz CT molecular complexity index is 903. The van der Waals surface area contributed by atoms with E-state index in [2.05, 4.69) is 10.6 Å². The first-order valence-corrected chi connectivity index (χ1v) is 9.66. The largest absolute Gasteiger partial charge is 0.462 e. The summed E-state index contributed by atoms with van der Waals surface area (Å²) in [7, 11) is 0. The summed E-state index contributed by atoms with van der Waals surface area (Å²) >= 11 is 0. The highest BCUT2D eigenvalue weighted by Crippen LogP contribution is 2.27. The van der Waals surface area contributed by atoms with Gasteiger partial charge in [0.2, 0.25) is 11.8 Å². The number of carbonyl (C=O) groups is 3. The number of esters is 1. The molecule has 0 unspecified atom stereocenters. The van der Waals surface area contributed by atoms with Crippen LogP contribution in [0, 0.1) is 5.41 Å². The van der Waals surface area contributed by atoms with Crippen molar-refractivity contribution in [1.29, 1.82) is 0 Å². The van der Waals surface area contributed by atoms with Crippen LogP contribution < -0.4 is 10.6 Å². The zero-order valence-corrected chi connectivity index (χ0v) is 17.5. The van der Waals surface area contributed by atoms with Gasteiger partial charge in [0, 0.05) is 5.69 Å². The fraction of sp³-hybridized carbons (Fsp3) is 0.348. The molecule has 2 N–H and O–H groups in total. The van der Waals surface area contributed by atoms with Crippen molar-refractivity contribution < 1.29 is 19.1 Å². The van der Waals surface area contributed by atoms with Crippen LogP contribution in [0.15, 0.2) is 48.5 Å². The molecule has 0 spiro atoms. The highest BCUT2D eigenvalue weighted by atomic mass is 16.5. The quantitative estimate of drug-likeness (QED) is 0.529. The maximum atomic E-state index is 12.9. The van der Waals surface area contributed by atoms with Crippen LogP contribution >= 0.6 is 0 Å². The van der Waals surface area contributed by atoms with Crippen LogP contribution in [0.1, 0.15) is 56.5 Å². The molecule has 2 rings (SSSR count). The van der Waals surface area contributed by atoms with Gasteiger partial charge in [0.25, 0.3) is 0 Å². The molecule has 154 valence electrons. The number of benzene rings is 2. The van der Waals surface area contributed by atoms with Crippen LogP contribution in [0.25, 0.3) is 0 Å². The van der Waals surface area contributed by atoms with Gasteiger partial charge in [-0.05, 0) is 50.5 Å². The molecule has 2 amide bonds. The molecule has 2 aromatic carbocycles. The lowest BCUT2D eigenvalue weighted by Crippen LogP contribution is -2.42. The molecule has 0 heterocycles. The van der Waals surface area contributed by atoms with Gasteiger partial charge in [-0.1, -0.05) is 44.2 Å². The average Bonchev–Trinajstić information content (AvgIpc) is 2.68. The van der Waals surface area contributed by atoms with Gasteiger partial charge >= 0.3 is 5.97 Å². The Hall–Kier alpha value is -3.15. The van der Waals surface area contributed by atoms with Gasteiger partial charge in [0.15, 0.2) is 0 Å². The van der Waals surface area contributed by atoms with E-state index in [1.807, 2.05) is 38.1 Å². The van der Waals surface area contributed by atoms with E-state index in [0.717, 1.165) is 5.56 Å². The second kappa shape index (κ2) is 9.37. The molecule has 2 aromatic rings. The summed E-state index contributed by atoms with van der Waals surface area (Å²) in [5, 5.41) is 5.56. The van der Waals surface area contributed by atoms with Gasteiger partial charge in [0.1, 0.15) is 5.41 Å². The molecule has 0 saturated heterocycles. The number of ether oxygens (including phenoxy) is 1. The molecule has 0 aliphatic heterocycles. The van der Waals surface area contributed by atoms with E-state index in [0.29, 0.717) is 11.4 Å². The maximum absolute atomic E-state index is 12.9. The molecule has 0 aromatic heterocycles. The third-order valence-electron chi connectivity index (χ3n) is 4.64. The topological polar surface area (TPSA) is 84.5 Å². The van der Waals surface area contributed by atoms with E-state index in [4.69, 9.17) is 4.74 Å². The molecule has 0 radical (unpaired) electrons. The summed E-state index contributed by atoms with van der Waals surface area (Å²) in [5.74, 6) is -1.26. The normalized spacial score (nSPS) is 11.1. The minimum atomic E-state index is -1.37. The van der Waals surface area contributed by atoms with Gasteiger partial charge in [-0.3, -0.25) is 9.59 Å². The van der Waals surface area contributed by atoms with Crippen LogP contribution in [0.5, 0.6) is 0 Å². The Kier molecular flexibility index (Phi) is 7.15. The molecule has 0 atom stereocenters. The average molecular weight is 396 g/mol. The first-order valence-electron chi connectivity index (χ1n) is 9.66. The van der Waals surface area contributed by atoms with E-state index in [1.54, 1.807) is 45.0 Å². The fourth-order valence-electron chi connectivity index (χ4n) is 2.75. The minimum absolute atomic E-state index is 0.222. The second-order valence-electron chi connectivity index (χ2n) is 7.54. The molecule has 0 bridgehead atoms. The van der Waals surface area contributed by atoms with Crippen LogP contribution in [-0.2, 0) is 14.3 Å². The van der Waals surface area contributed by atoms with Gasteiger partial charge in [-0.25, -0.2) is 4.79 Å². The SMILES string of the molecule is CCOC(=O)c1ccccc1NC(=O)C(C)(C)C(=O)Nc1ccccc1C(C)C. The lowest BCUT2D eigenvalue weighted by Gasteiger charge is -2.24. The van der Waals surface area contributed by atoms with E-state index < -0.39 is 23.2 Å². The lowest BCUT2D eigenvalue weighted by molar-refractivity contribution is -0.135. The Morgan fingerprint density at radius 2 is 1.41 bits per heavy atom.